The highest BCUT2D eigenvalue weighted by molar-refractivity contribution is 5.77. The van der Waals surface area contributed by atoms with Crippen molar-refractivity contribution in [2.75, 3.05) is 19.7 Å². The van der Waals surface area contributed by atoms with Crippen LogP contribution in [0.3, 0.4) is 0 Å². The van der Waals surface area contributed by atoms with Gasteiger partial charge in [0.2, 0.25) is 0 Å². The Balaban J connectivity index is 1.50. The maximum Gasteiger partial charge on any atom is 0.258 e. The Kier molecular flexibility index (Phi) is 5.75. The van der Waals surface area contributed by atoms with Crippen molar-refractivity contribution in [3.63, 3.8) is 0 Å². The van der Waals surface area contributed by atoms with Crippen LogP contribution in [0.15, 0.2) is 42.5 Å². The molecule has 1 heterocycles. The molecular weight excluding hydrogens is 350 g/mol. The summed E-state index contributed by atoms with van der Waals surface area (Å²) in [4.78, 5) is 14.4. The van der Waals surface area contributed by atoms with Gasteiger partial charge in [0.05, 0.1) is 0 Å². The molecule has 0 aliphatic carbocycles. The molecule has 0 fully saturated rings. The molecule has 2 aromatic carbocycles. The molecule has 0 unspecified atom stereocenters. The van der Waals surface area contributed by atoms with Gasteiger partial charge in [0.25, 0.3) is 5.91 Å². The van der Waals surface area contributed by atoms with Crippen molar-refractivity contribution in [1.29, 1.82) is 0 Å². The van der Waals surface area contributed by atoms with Gasteiger partial charge >= 0.3 is 0 Å². The summed E-state index contributed by atoms with van der Waals surface area (Å²) in [5.41, 5.74) is 2.46. The lowest BCUT2D eigenvalue weighted by Gasteiger charge is -2.41. The zero-order chi connectivity index (χ0) is 19.4. The standard InChI is InChI=1S/C21H24F2N2O2/c1-21(2,25-10-9-15-5-3-4-6-16(15)12-25)14-24-20(26)13-27-19-8-7-17(22)11-18(19)23/h3-8,11H,9-10,12-14H2,1-2H3,(H,24,26). The lowest BCUT2D eigenvalue weighted by atomic mass is 9.94. The molecule has 1 aliphatic rings. The number of halogens is 2. The minimum atomic E-state index is -0.824. The van der Waals surface area contributed by atoms with E-state index in [2.05, 4.69) is 42.3 Å². The van der Waals surface area contributed by atoms with Gasteiger partial charge in [-0.25, -0.2) is 8.78 Å². The number of carbonyl (C=O) groups excluding carboxylic acids is 1. The van der Waals surface area contributed by atoms with Crippen molar-refractivity contribution in [1.82, 2.24) is 10.2 Å². The van der Waals surface area contributed by atoms with E-state index in [4.69, 9.17) is 4.74 Å². The van der Waals surface area contributed by atoms with Gasteiger partial charge in [0.1, 0.15) is 5.82 Å². The summed E-state index contributed by atoms with van der Waals surface area (Å²) in [6.07, 6.45) is 0.987. The second-order valence-electron chi connectivity index (χ2n) is 7.39. The van der Waals surface area contributed by atoms with Crippen LogP contribution in [0.4, 0.5) is 8.78 Å². The maximum atomic E-state index is 13.5. The Labute approximate surface area is 158 Å². The van der Waals surface area contributed by atoms with E-state index in [9.17, 15) is 13.6 Å². The van der Waals surface area contributed by atoms with E-state index in [0.29, 0.717) is 6.54 Å². The number of hydrogen-bond acceptors (Lipinski definition) is 3. The molecule has 1 amide bonds. The first kappa shape index (κ1) is 19.3. The summed E-state index contributed by atoms with van der Waals surface area (Å²) in [6.45, 7) is 6.07. The van der Waals surface area contributed by atoms with Gasteiger partial charge in [-0.1, -0.05) is 24.3 Å². The number of nitrogens with one attached hydrogen (secondary N) is 1. The fourth-order valence-corrected chi connectivity index (χ4v) is 3.23. The normalized spacial score (nSPS) is 14.5. The Morgan fingerprint density at radius 2 is 1.93 bits per heavy atom. The van der Waals surface area contributed by atoms with Crippen molar-refractivity contribution in [2.24, 2.45) is 0 Å². The second-order valence-corrected chi connectivity index (χ2v) is 7.39. The topological polar surface area (TPSA) is 41.6 Å². The molecule has 0 saturated heterocycles. The smallest absolute Gasteiger partial charge is 0.258 e. The molecule has 0 saturated carbocycles. The van der Waals surface area contributed by atoms with E-state index in [1.54, 1.807) is 0 Å². The molecule has 2 aromatic rings. The number of amides is 1. The van der Waals surface area contributed by atoms with Crippen molar-refractivity contribution >= 4 is 5.91 Å². The number of carbonyl (C=O) groups is 1. The number of fused-ring (bicyclic) bond motifs is 1. The molecule has 1 N–H and O–H groups in total. The highest BCUT2D eigenvalue weighted by atomic mass is 19.1. The SMILES string of the molecule is CC(C)(CNC(=O)COc1ccc(F)cc1F)N1CCc2ccccc2C1. The minimum Gasteiger partial charge on any atom is -0.481 e. The average Bonchev–Trinajstić information content (AvgIpc) is 2.65. The molecule has 0 spiro atoms. The third kappa shape index (κ3) is 4.83. The maximum absolute atomic E-state index is 13.5. The Hall–Kier alpha value is -2.47. The van der Waals surface area contributed by atoms with Crippen LogP contribution in [0.1, 0.15) is 25.0 Å². The molecule has 3 rings (SSSR count). The molecule has 0 bridgehead atoms. The van der Waals surface area contributed by atoms with Gasteiger partial charge in [-0.3, -0.25) is 9.69 Å². The van der Waals surface area contributed by atoms with Crippen molar-refractivity contribution in [2.45, 2.75) is 32.4 Å². The van der Waals surface area contributed by atoms with Crippen LogP contribution in [0.25, 0.3) is 0 Å². The highest BCUT2D eigenvalue weighted by Crippen LogP contribution is 2.25. The first-order valence-corrected chi connectivity index (χ1v) is 9.01. The lowest BCUT2D eigenvalue weighted by Crippen LogP contribution is -2.53. The van der Waals surface area contributed by atoms with Crippen LogP contribution in [-0.4, -0.2) is 36.0 Å². The van der Waals surface area contributed by atoms with E-state index in [-0.39, 0.29) is 23.8 Å². The van der Waals surface area contributed by atoms with Crippen LogP contribution < -0.4 is 10.1 Å². The molecule has 0 radical (unpaired) electrons. The van der Waals surface area contributed by atoms with Gasteiger partial charge in [-0.2, -0.15) is 0 Å². The summed E-state index contributed by atoms with van der Waals surface area (Å²) < 4.78 is 31.6. The largest absolute Gasteiger partial charge is 0.481 e. The highest BCUT2D eigenvalue weighted by Gasteiger charge is 2.30. The number of benzene rings is 2. The zero-order valence-electron chi connectivity index (χ0n) is 15.6. The third-order valence-corrected chi connectivity index (χ3v) is 4.96. The van der Waals surface area contributed by atoms with Crippen molar-refractivity contribution in [3.8, 4) is 5.75 Å². The Bertz CT molecular complexity index is 824. The zero-order valence-corrected chi connectivity index (χ0v) is 15.6. The molecule has 144 valence electrons. The van der Waals surface area contributed by atoms with Gasteiger partial charge in [-0.05, 0) is 43.5 Å². The first-order valence-electron chi connectivity index (χ1n) is 9.01. The molecule has 27 heavy (non-hydrogen) atoms. The predicted molar refractivity (Wildman–Crippen MR) is 99.5 cm³/mol. The predicted octanol–water partition coefficient (Wildman–Crippen LogP) is 3.30. The fourth-order valence-electron chi connectivity index (χ4n) is 3.23. The second kappa shape index (κ2) is 8.05. The molecule has 0 atom stereocenters. The summed E-state index contributed by atoms with van der Waals surface area (Å²) >= 11 is 0. The van der Waals surface area contributed by atoms with Gasteiger partial charge in [-0.15, -0.1) is 0 Å². The van der Waals surface area contributed by atoms with E-state index in [0.717, 1.165) is 31.6 Å². The number of nitrogens with zero attached hydrogens (tertiary/aromatic N) is 1. The third-order valence-electron chi connectivity index (χ3n) is 4.96. The molecule has 4 nitrogen and oxygen atoms in total. The van der Waals surface area contributed by atoms with Gasteiger partial charge in [0.15, 0.2) is 18.2 Å². The van der Waals surface area contributed by atoms with E-state index in [1.807, 2.05) is 6.07 Å². The average molecular weight is 374 g/mol. The van der Waals surface area contributed by atoms with Gasteiger partial charge in [0, 0.05) is 31.2 Å². The number of hydrogen-bond donors (Lipinski definition) is 1. The Morgan fingerprint density at radius 1 is 1.19 bits per heavy atom. The van der Waals surface area contributed by atoms with Crippen LogP contribution in [0.2, 0.25) is 0 Å². The van der Waals surface area contributed by atoms with E-state index in [1.165, 1.54) is 17.2 Å². The first-order chi connectivity index (χ1) is 12.8. The fraction of sp³-hybridized carbons (Fsp3) is 0.381. The van der Waals surface area contributed by atoms with Crippen LogP contribution in [-0.2, 0) is 17.8 Å². The quantitative estimate of drug-likeness (QED) is 0.844. The number of ether oxygens (including phenoxy) is 1. The van der Waals surface area contributed by atoms with Gasteiger partial charge < -0.3 is 10.1 Å². The van der Waals surface area contributed by atoms with Crippen molar-refractivity contribution < 1.29 is 18.3 Å². The monoisotopic (exact) mass is 374 g/mol. The van der Waals surface area contributed by atoms with Crippen molar-refractivity contribution in [3.05, 3.63) is 65.2 Å². The summed E-state index contributed by atoms with van der Waals surface area (Å²) in [6, 6.07) is 11.4. The lowest BCUT2D eigenvalue weighted by molar-refractivity contribution is -0.123. The molecule has 0 aromatic heterocycles. The Morgan fingerprint density at radius 3 is 2.67 bits per heavy atom. The summed E-state index contributed by atoms with van der Waals surface area (Å²) in [5, 5.41) is 2.84. The summed E-state index contributed by atoms with van der Waals surface area (Å²) in [7, 11) is 0. The summed E-state index contributed by atoms with van der Waals surface area (Å²) in [5.74, 6) is -1.99. The van der Waals surface area contributed by atoms with Crippen LogP contribution >= 0.6 is 0 Å². The molecule has 6 heteroatoms. The van der Waals surface area contributed by atoms with Crippen LogP contribution in [0.5, 0.6) is 5.75 Å². The molecular formula is C21H24F2N2O2. The van der Waals surface area contributed by atoms with E-state index < -0.39 is 11.6 Å². The van der Waals surface area contributed by atoms with Crippen LogP contribution in [0, 0.1) is 11.6 Å². The van der Waals surface area contributed by atoms with E-state index >= 15 is 0 Å². The number of rotatable bonds is 6. The minimum absolute atomic E-state index is 0.140. The molecule has 1 aliphatic heterocycles.